The van der Waals surface area contributed by atoms with Gasteiger partial charge in [-0.15, -0.1) is 0 Å². The van der Waals surface area contributed by atoms with Crippen LogP contribution in [0.5, 0.6) is 5.75 Å². The van der Waals surface area contributed by atoms with Crippen LogP contribution in [-0.4, -0.2) is 35.0 Å². The lowest BCUT2D eigenvalue weighted by molar-refractivity contribution is -0.147. The predicted octanol–water partition coefficient (Wildman–Crippen LogP) is 5.61. The molecule has 0 saturated carbocycles. The highest BCUT2D eigenvalue weighted by atomic mass is 16.5. The first-order chi connectivity index (χ1) is 17.4. The second-order valence-corrected chi connectivity index (χ2v) is 9.43. The van der Waals surface area contributed by atoms with Crippen molar-refractivity contribution in [3.63, 3.8) is 0 Å². The molecule has 0 saturated heterocycles. The summed E-state index contributed by atoms with van der Waals surface area (Å²) in [5.41, 5.74) is 4.04. The SMILES string of the molecule is CC(C)OC(=O)CCc1ccccc1OCCC(O)CCc1cccc([C@H](O)Cc2ccccc2)c1. The molecule has 0 bridgehead atoms. The second kappa shape index (κ2) is 14.4. The van der Waals surface area contributed by atoms with Crippen molar-refractivity contribution >= 4 is 5.97 Å². The Morgan fingerprint density at radius 3 is 2.33 bits per heavy atom. The lowest BCUT2D eigenvalue weighted by atomic mass is 9.97. The van der Waals surface area contributed by atoms with E-state index >= 15 is 0 Å². The van der Waals surface area contributed by atoms with Crippen molar-refractivity contribution in [2.75, 3.05) is 6.61 Å². The van der Waals surface area contributed by atoms with Gasteiger partial charge in [-0.3, -0.25) is 4.79 Å². The van der Waals surface area contributed by atoms with E-state index in [1.54, 1.807) is 0 Å². The highest BCUT2D eigenvalue weighted by Gasteiger charge is 2.12. The van der Waals surface area contributed by atoms with Crippen LogP contribution in [0.2, 0.25) is 0 Å². The summed E-state index contributed by atoms with van der Waals surface area (Å²) in [6, 6.07) is 25.6. The zero-order valence-corrected chi connectivity index (χ0v) is 21.3. The number of hydrogen-bond acceptors (Lipinski definition) is 5. The molecule has 36 heavy (non-hydrogen) atoms. The first-order valence-corrected chi connectivity index (χ1v) is 12.8. The molecule has 5 nitrogen and oxygen atoms in total. The molecule has 0 heterocycles. The Labute approximate surface area is 214 Å². The van der Waals surface area contributed by atoms with E-state index in [-0.39, 0.29) is 12.1 Å². The second-order valence-electron chi connectivity index (χ2n) is 9.43. The third-order valence-corrected chi connectivity index (χ3v) is 6.02. The van der Waals surface area contributed by atoms with Gasteiger partial charge in [-0.25, -0.2) is 0 Å². The zero-order chi connectivity index (χ0) is 25.8. The third-order valence-electron chi connectivity index (χ3n) is 6.02. The van der Waals surface area contributed by atoms with E-state index in [4.69, 9.17) is 9.47 Å². The number of aryl methyl sites for hydroxylation is 2. The van der Waals surface area contributed by atoms with Crippen LogP contribution in [0.25, 0.3) is 0 Å². The van der Waals surface area contributed by atoms with Gasteiger partial charge in [0, 0.05) is 19.3 Å². The Balaban J connectivity index is 1.43. The Hall–Kier alpha value is -3.15. The summed E-state index contributed by atoms with van der Waals surface area (Å²) >= 11 is 0. The highest BCUT2D eigenvalue weighted by Crippen LogP contribution is 2.22. The molecule has 0 amide bonds. The topological polar surface area (TPSA) is 76.0 Å². The van der Waals surface area contributed by atoms with E-state index in [1.807, 2.05) is 92.7 Å². The number of benzene rings is 3. The van der Waals surface area contributed by atoms with Gasteiger partial charge in [0.05, 0.1) is 24.9 Å². The molecule has 0 radical (unpaired) electrons. The van der Waals surface area contributed by atoms with Crippen LogP contribution in [0.3, 0.4) is 0 Å². The minimum atomic E-state index is -0.557. The van der Waals surface area contributed by atoms with E-state index in [0.717, 1.165) is 34.4 Å². The maximum Gasteiger partial charge on any atom is 0.306 e. The zero-order valence-electron chi connectivity index (χ0n) is 21.3. The standard InChI is InChI=1S/C31H38O5/c1-23(2)36-31(34)18-16-26-12-6-7-14-30(26)35-20-19-28(32)17-15-25-11-8-13-27(21-25)29(33)22-24-9-4-3-5-10-24/h3-14,21,23,28-29,32-33H,15-20,22H2,1-2H3/t28?,29-/m1/s1. The molecule has 1 unspecified atom stereocenters. The monoisotopic (exact) mass is 490 g/mol. The molecule has 192 valence electrons. The molecule has 0 spiro atoms. The molecular formula is C31H38O5. The number of aliphatic hydroxyl groups excluding tert-OH is 2. The Bertz CT molecular complexity index is 1060. The number of hydrogen-bond donors (Lipinski definition) is 2. The van der Waals surface area contributed by atoms with Crippen LogP contribution in [0, 0.1) is 0 Å². The quantitative estimate of drug-likeness (QED) is 0.287. The van der Waals surface area contributed by atoms with Crippen LogP contribution in [0.15, 0.2) is 78.9 Å². The van der Waals surface area contributed by atoms with Crippen molar-refractivity contribution < 1.29 is 24.5 Å². The Morgan fingerprint density at radius 1 is 0.833 bits per heavy atom. The molecule has 5 heteroatoms. The van der Waals surface area contributed by atoms with E-state index in [1.165, 1.54) is 0 Å². The summed E-state index contributed by atoms with van der Waals surface area (Å²) in [5, 5.41) is 21.1. The number of rotatable bonds is 14. The lowest BCUT2D eigenvalue weighted by Crippen LogP contribution is -2.14. The van der Waals surface area contributed by atoms with E-state index < -0.39 is 12.2 Å². The van der Waals surface area contributed by atoms with Crippen LogP contribution < -0.4 is 4.74 Å². The Morgan fingerprint density at radius 2 is 1.56 bits per heavy atom. The normalized spacial score (nSPS) is 12.8. The molecule has 0 aliphatic carbocycles. The summed E-state index contributed by atoms with van der Waals surface area (Å²) in [6.07, 6.45) is 2.12. The van der Waals surface area contributed by atoms with Crippen molar-refractivity contribution in [1.29, 1.82) is 0 Å². The molecule has 3 rings (SSSR count). The van der Waals surface area contributed by atoms with Gasteiger partial charge < -0.3 is 19.7 Å². The largest absolute Gasteiger partial charge is 0.493 e. The molecule has 3 aromatic rings. The van der Waals surface area contributed by atoms with Gasteiger partial charge >= 0.3 is 5.97 Å². The van der Waals surface area contributed by atoms with Crippen LogP contribution in [0.4, 0.5) is 0 Å². The van der Waals surface area contributed by atoms with E-state index in [2.05, 4.69) is 0 Å². The number of para-hydroxylation sites is 1. The minimum Gasteiger partial charge on any atom is -0.493 e. The molecule has 0 fully saturated rings. The van der Waals surface area contributed by atoms with Crippen LogP contribution >= 0.6 is 0 Å². The number of carbonyl (C=O) groups excluding carboxylic acids is 1. The van der Waals surface area contributed by atoms with Gasteiger partial charge in [-0.1, -0.05) is 72.8 Å². The third kappa shape index (κ3) is 9.48. The lowest BCUT2D eigenvalue weighted by Gasteiger charge is -2.15. The van der Waals surface area contributed by atoms with Gasteiger partial charge in [0.25, 0.3) is 0 Å². The molecule has 0 aromatic heterocycles. The van der Waals surface area contributed by atoms with Crippen molar-refractivity contribution in [3.05, 3.63) is 101 Å². The minimum absolute atomic E-state index is 0.118. The van der Waals surface area contributed by atoms with Gasteiger partial charge in [-0.05, 0) is 61.4 Å². The maximum absolute atomic E-state index is 11.9. The van der Waals surface area contributed by atoms with E-state index in [0.29, 0.717) is 38.7 Å². The molecule has 2 N–H and O–H groups in total. The summed E-state index contributed by atoms with van der Waals surface area (Å²) in [7, 11) is 0. The first kappa shape index (κ1) is 27.4. The fraction of sp³-hybridized carbons (Fsp3) is 0.387. The average molecular weight is 491 g/mol. The first-order valence-electron chi connectivity index (χ1n) is 12.8. The maximum atomic E-state index is 11.9. The van der Waals surface area contributed by atoms with Crippen LogP contribution in [0.1, 0.15) is 61.5 Å². The highest BCUT2D eigenvalue weighted by molar-refractivity contribution is 5.70. The van der Waals surface area contributed by atoms with Gasteiger partial charge in [-0.2, -0.15) is 0 Å². The summed E-state index contributed by atoms with van der Waals surface area (Å²) in [6.45, 7) is 4.07. The van der Waals surface area contributed by atoms with Crippen molar-refractivity contribution in [2.24, 2.45) is 0 Å². The Kier molecular flexibility index (Phi) is 11.0. The van der Waals surface area contributed by atoms with Gasteiger partial charge in [0.2, 0.25) is 0 Å². The summed E-state index contributed by atoms with van der Waals surface area (Å²) in [4.78, 5) is 11.9. The number of aliphatic hydroxyl groups is 2. The molecular weight excluding hydrogens is 452 g/mol. The van der Waals surface area contributed by atoms with E-state index in [9.17, 15) is 15.0 Å². The fourth-order valence-electron chi connectivity index (χ4n) is 4.10. The van der Waals surface area contributed by atoms with Crippen molar-refractivity contribution in [1.82, 2.24) is 0 Å². The van der Waals surface area contributed by atoms with Crippen LogP contribution in [-0.2, 0) is 28.8 Å². The molecule has 0 aliphatic rings. The molecule has 0 aliphatic heterocycles. The average Bonchev–Trinajstić information content (AvgIpc) is 2.87. The number of carbonyl (C=O) groups is 1. The number of ether oxygens (including phenoxy) is 2. The van der Waals surface area contributed by atoms with Crippen molar-refractivity contribution in [3.8, 4) is 5.75 Å². The summed E-state index contributed by atoms with van der Waals surface area (Å²) < 4.78 is 11.1. The predicted molar refractivity (Wildman–Crippen MR) is 142 cm³/mol. The fourth-order valence-corrected chi connectivity index (χ4v) is 4.10. The smallest absolute Gasteiger partial charge is 0.306 e. The van der Waals surface area contributed by atoms with Gasteiger partial charge in [0.15, 0.2) is 0 Å². The molecule has 2 atom stereocenters. The number of esters is 1. The molecule has 3 aromatic carbocycles. The van der Waals surface area contributed by atoms with Crippen molar-refractivity contribution in [2.45, 2.75) is 70.7 Å². The summed E-state index contributed by atoms with van der Waals surface area (Å²) in [5.74, 6) is 0.522. The van der Waals surface area contributed by atoms with Gasteiger partial charge in [0.1, 0.15) is 5.75 Å².